The summed E-state index contributed by atoms with van der Waals surface area (Å²) in [7, 11) is 3.32. The van der Waals surface area contributed by atoms with Crippen LogP contribution < -0.4 is 9.47 Å². The molecule has 2 atom stereocenters. The number of nitrogens with zero attached hydrogens (tertiary/aromatic N) is 1. The summed E-state index contributed by atoms with van der Waals surface area (Å²) in [6, 6.07) is 6.13. The summed E-state index contributed by atoms with van der Waals surface area (Å²) in [6.45, 7) is 2.18. The number of aliphatic hydroxyl groups is 1. The van der Waals surface area contributed by atoms with Crippen molar-refractivity contribution in [2.75, 3.05) is 27.3 Å². The van der Waals surface area contributed by atoms with E-state index in [2.05, 4.69) is 11.0 Å². The molecule has 4 heteroatoms. The fourth-order valence-electron chi connectivity index (χ4n) is 4.42. The van der Waals surface area contributed by atoms with Crippen LogP contribution in [0.4, 0.5) is 0 Å². The highest BCUT2D eigenvalue weighted by molar-refractivity contribution is 5.44. The molecule has 0 radical (unpaired) electrons. The van der Waals surface area contributed by atoms with Crippen LogP contribution in [0.15, 0.2) is 18.2 Å². The van der Waals surface area contributed by atoms with E-state index < -0.39 is 0 Å². The Kier molecular flexibility index (Phi) is 6.01. The van der Waals surface area contributed by atoms with Crippen molar-refractivity contribution in [2.24, 2.45) is 5.92 Å². The maximum absolute atomic E-state index is 10.7. The number of piperidine rings is 1. The average molecular weight is 333 g/mol. The van der Waals surface area contributed by atoms with E-state index in [1.165, 1.54) is 32.1 Å². The maximum atomic E-state index is 10.7. The van der Waals surface area contributed by atoms with Gasteiger partial charge in [0.25, 0.3) is 0 Å². The highest BCUT2D eigenvalue weighted by Gasteiger charge is 2.33. The molecular weight excluding hydrogens is 302 g/mol. The molecule has 2 aliphatic rings. The molecule has 1 aliphatic heterocycles. The first kappa shape index (κ1) is 17.6. The van der Waals surface area contributed by atoms with E-state index in [9.17, 15) is 5.11 Å². The number of methoxy groups -OCH3 is 2. The second-order valence-corrected chi connectivity index (χ2v) is 7.27. The molecule has 1 aliphatic carbocycles. The first-order chi connectivity index (χ1) is 11.7. The number of benzene rings is 1. The van der Waals surface area contributed by atoms with Crippen LogP contribution >= 0.6 is 0 Å². The molecular formula is C20H31NO3. The second-order valence-electron chi connectivity index (χ2n) is 7.27. The highest BCUT2D eigenvalue weighted by Crippen LogP contribution is 2.37. The zero-order chi connectivity index (χ0) is 16.9. The zero-order valence-electron chi connectivity index (χ0n) is 15.0. The molecule has 3 rings (SSSR count). The number of hydrogen-bond donors (Lipinski definition) is 1. The number of hydrogen-bond acceptors (Lipinski definition) is 4. The number of ether oxygens (including phenoxy) is 2. The van der Waals surface area contributed by atoms with E-state index in [1.54, 1.807) is 14.2 Å². The SMILES string of the molecule is COc1ccc([C@H]2[C@@H](O)CCCN2CC2CCCCC2)cc1OC. The standard InChI is InChI=1S/C20H31NO3/c1-23-18-11-10-16(13-19(18)24-2)20-17(22)9-6-12-21(20)14-15-7-4-3-5-8-15/h10-11,13,15,17,20,22H,3-9,12,14H2,1-2H3/t17-,20-/m0/s1. The van der Waals surface area contributed by atoms with Gasteiger partial charge in [0.05, 0.1) is 26.4 Å². The van der Waals surface area contributed by atoms with E-state index in [4.69, 9.17) is 9.47 Å². The van der Waals surface area contributed by atoms with E-state index in [0.29, 0.717) is 0 Å². The van der Waals surface area contributed by atoms with Crippen molar-refractivity contribution in [1.82, 2.24) is 4.90 Å². The molecule has 2 fully saturated rings. The summed E-state index contributed by atoms with van der Waals surface area (Å²) >= 11 is 0. The molecule has 1 aromatic carbocycles. The van der Waals surface area contributed by atoms with Crippen LogP contribution in [0.2, 0.25) is 0 Å². The van der Waals surface area contributed by atoms with Crippen molar-refractivity contribution in [1.29, 1.82) is 0 Å². The Hall–Kier alpha value is -1.26. The summed E-state index contributed by atoms with van der Waals surface area (Å²) < 4.78 is 10.8. The third-order valence-corrected chi connectivity index (χ3v) is 5.67. The molecule has 0 amide bonds. The first-order valence-electron chi connectivity index (χ1n) is 9.37. The van der Waals surface area contributed by atoms with Gasteiger partial charge in [0.1, 0.15) is 0 Å². The van der Waals surface area contributed by atoms with Crippen LogP contribution in [-0.4, -0.2) is 43.4 Å². The van der Waals surface area contributed by atoms with Gasteiger partial charge < -0.3 is 14.6 Å². The third kappa shape index (κ3) is 3.86. The third-order valence-electron chi connectivity index (χ3n) is 5.67. The fraction of sp³-hybridized carbons (Fsp3) is 0.700. The molecule has 24 heavy (non-hydrogen) atoms. The molecule has 1 saturated heterocycles. The van der Waals surface area contributed by atoms with Crippen molar-refractivity contribution in [3.8, 4) is 11.5 Å². The van der Waals surface area contributed by atoms with Crippen molar-refractivity contribution in [2.45, 2.75) is 57.1 Å². The maximum Gasteiger partial charge on any atom is 0.161 e. The molecule has 1 saturated carbocycles. The Balaban J connectivity index is 1.80. The quantitative estimate of drug-likeness (QED) is 0.890. The van der Waals surface area contributed by atoms with Crippen molar-refractivity contribution in [3.63, 3.8) is 0 Å². The Morgan fingerprint density at radius 1 is 1.00 bits per heavy atom. The first-order valence-corrected chi connectivity index (χ1v) is 9.37. The molecule has 1 N–H and O–H groups in total. The topological polar surface area (TPSA) is 41.9 Å². The summed E-state index contributed by atoms with van der Waals surface area (Å²) in [5.41, 5.74) is 1.13. The lowest BCUT2D eigenvalue weighted by Gasteiger charge is -2.41. The van der Waals surface area contributed by atoms with E-state index in [1.807, 2.05) is 12.1 Å². The molecule has 0 bridgehead atoms. The van der Waals surface area contributed by atoms with E-state index in [-0.39, 0.29) is 12.1 Å². The Morgan fingerprint density at radius 3 is 2.46 bits per heavy atom. The largest absolute Gasteiger partial charge is 0.493 e. The minimum atomic E-state index is -0.305. The van der Waals surface area contributed by atoms with E-state index in [0.717, 1.165) is 48.9 Å². The van der Waals surface area contributed by atoms with Crippen LogP contribution in [-0.2, 0) is 0 Å². The van der Waals surface area contributed by atoms with Gasteiger partial charge in [-0.05, 0) is 55.8 Å². The average Bonchev–Trinajstić information content (AvgIpc) is 2.62. The van der Waals surface area contributed by atoms with Crippen LogP contribution in [0, 0.1) is 5.92 Å². The van der Waals surface area contributed by atoms with Gasteiger partial charge in [-0.1, -0.05) is 25.3 Å². The summed E-state index contributed by atoms with van der Waals surface area (Å²) in [5, 5.41) is 10.7. The van der Waals surface area contributed by atoms with Crippen molar-refractivity contribution >= 4 is 0 Å². The lowest BCUT2D eigenvalue weighted by molar-refractivity contribution is -0.000924. The Bertz CT molecular complexity index is 528. The fourth-order valence-corrected chi connectivity index (χ4v) is 4.42. The normalized spacial score (nSPS) is 26.3. The predicted molar refractivity (Wildman–Crippen MR) is 95.7 cm³/mol. The van der Waals surface area contributed by atoms with Gasteiger partial charge >= 0.3 is 0 Å². The van der Waals surface area contributed by atoms with Crippen LogP contribution in [0.1, 0.15) is 56.6 Å². The van der Waals surface area contributed by atoms with Crippen LogP contribution in [0.25, 0.3) is 0 Å². The van der Waals surface area contributed by atoms with Gasteiger partial charge in [-0.3, -0.25) is 4.90 Å². The van der Waals surface area contributed by atoms with E-state index >= 15 is 0 Å². The molecule has 1 heterocycles. The lowest BCUT2D eigenvalue weighted by atomic mass is 9.86. The molecule has 1 aromatic rings. The molecule has 0 unspecified atom stereocenters. The zero-order valence-corrected chi connectivity index (χ0v) is 15.0. The van der Waals surface area contributed by atoms with Gasteiger partial charge in [-0.2, -0.15) is 0 Å². The van der Waals surface area contributed by atoms with Gasteiger partial charge in [0.15, 0.2) is 11.5 Å². The van der Waals surface area contributed by atoms with Crippen molar-refractivity contribution < 1.29 is 14.6 Å². The molecule has 134 valence electrons. The lowest BCUT2D eigenvalue weighted by Crippen LogP contribution is -2.44. The molecule has 0 aromatic heterocycles. The predicted octanol–water partition coefficient (Wildman–Crippen LogP) is 3.78. The monoisotopic (exact) mass is 333 g/mol. The number of likely N-dealkylation sites (tertiary alicyclic amines) is 1. The minimum Gasteiger partial charge on any atom is -0.493 e. The summed E-state index contributed by atoms with van der Waals surface area (Å²) in [6.07, 6.45) is 8.44. The molecule has 0 spiro atoms. The second kappa shape index (κ2) is 8.21. The Labute approximate surface area is 145 Å². The highest BCUT2D eigenvalue weighted by atomic mass is 16.5. The number of aliphatic hydroxyl groups excluding tert-OH is 1. The van der Waals surface area contributed by atoms with Gasteiger partial charge in [-0.15, -0.1) is 0 Å². The van der Waals surface area contributed by atoms with Crippen LogP contribution in [0.3, 0.4) is 0 Å². The van der Waals surface area contributed by atoms with Crippen molar-refractivity contribution in [3.05, 3.63) is 23.8 Å². The van der Waals surface area contributed by atoms with Gasteiger partial charge in [0, 0.05) is 6.54 Å². The summed E-state index contributed by atoms with van der Waals surface area (Å²) in [5.74, 6) is 2.27. The van der Waals surface area contributed by atoms with Gasteiger partial charge in [-0.25, -0.2) is 0 Å². The molecule has 4 nitrogen and oxygen atoms in total. The van der Waals surface area contributed by atoms with Gasteiger partial charge in [0.2, 0.25) is 0 Å². The minimum absolute atomic E-state index is 0.0699. The number of rotatable bonds is 5. The van der Waals surface area contributed by atoms with Crippen LogP contribution in [0.5, 0.6) is 11.5 Å². The Morgan fingerprint density at radius 2 is 1.75 bits per heavy atom. The summed E-state index contributed by atoms with van der Waals surface area (Å²) in [4.78, 5) is 2.51. The smallest absolute Gasteiger partial charge is 0.161 e.